The zero-order valence-electron chi connectivity index (χ0n) is 17.9. The SMILES string of the molecule is CC(C)c1nc2ccc(Br)cc2c(=O)n1N=Cc1cccc(OCc2ccc(Cl)cc2Cl)c1. The topological polar surface area (TPSA) is 56.5 Å². The van der Waals surface area contributed by atoms with Crippen molar-refractivity contribution in [3.63, 3.8) is 0 Å². The van der Waals surface area contributed by atoms with Crippen molar-refractivity contribution in [2.75, 3.05) is 0 Å². The molecule has 5 nitrogen and oxygen atoms in total. The lowest BCUT2D eigenvalue weighted by atomic mass is 10.2. The fourth-order valence-corrected chi connectivity index (χ4v) is 4.08. The first kappa shape index (κ1) is 23.5. The van der Waals surface area contributed by atoms with E-state index >= 15 is 0 Å². The summed E-state index contributed by atoms with van der Waals surface area (Å²) < 4.78 is 8.06. The fraction of sp³-hybridized carbons (Fsp3) is 0.160. The van der Waals surface area contributed by atoms with Crippen LogP contribution in [0.25, 0.3) is 10.9 Å². The smallest absolute Gasteiger partial charge is 0.282 e. The first-order valence-electron chi connectivity index (χ1n) is 10.2. The molecule has 0 spiro atoms. The van der Waals surface area contributed by atoms with Gasteiger partial charge < -0.3 is 4.74 Å². The highest BCUT2D eigenvalue weighted by molar-refractivity contribution is 9.10. The second-order valence-electron chi connectivity index (χ2n) is 7.74. The highest BCUT2D eigenvalue weighted by Gasteiger charge is 2.13. The van der Waals surface area contributed by atoms with E-state index in [0.29, 0.717) is 39.1 Å². The van der Waals surface area contributed by atoms with Crippen molar-refractivity contribution >= 4 is 56.2 Å². The van der Waals surface area contributed by atoms with Gasteiger partial charge in [0.25, 0.3) is 5.56 Å². The maximum Gasteiger partial charge on any atom is 0.282 e. The first-order chi connectivity index (χ1) is 15.8. The predicted molar refractivity (Wildman–Crippen MR) is 138 cm³/mol. The number of nitrogens with zero attached hydrogens (tertiary/aromatic N) is 3. The van der Waals surface area contributed by atoms with Crippen LogP contribution in [-0.4, -0.2) is 15.9 Å². The summed E-state index contributed by atoms with van der Waals surface area (Å²) in [6.45, 7) is 4.26. The van der Waals surface area contributed by atoms with Crippen molar-refractivity contribution in [2.24, 2.45) is 5.10 Å². The lowest BCUT2D eigenvalue weighted by Gasteiger charge is -2.12. The largest absolute Gasteiger partial charge is 0.489 e. The molecule has 4 rings (SSSR count). The highest BCUT2D eigenvalue weighted by Crippen LogP contribution is 2.23. The summed E-state index contributed by atoms with van der Waals surface area (Å²) in [4.78, 5) is 17.8. The van der Waals surface area contributed by atoms with E-state index in [9.17, 15) is 4.79 Å². The number of aromatic nitrogens is 2. The van der Waals surface area contributed by atoms with E-state index in [1.807, 2.05) is 56.3 Å². The zero-order valence-corrected chi connectivity index (χ0v) is 21.0. The van der Waals surface area contributed by atoms with Gasteiger partial charge in [0.05, 0.1) is 17.1 Å². The third-order valence-electron chi connectivity index (χ3n) is 4.94. The van der Waals surface area contributed by atoms with Crippen molar-refractivity contribution in [2.45, 2.75) is 26.4 Å². The molecule has 0 saturated heterocycles. The molecule has 0 atom stereocenters. The second kappa shape index (κ2) is 10.1. The summed E-state index contributed by atoms with van der Waals surface area (Å²) in [6.07, 6.45) is 1.63. The molecule has 0 unspecified atom stereocenters. The monoisotopic (exact) mass is 543 g/mol. The molecular formula is C25H20BrCl2N3O2. The number of hydrogen-bond acceptors (Lipinski definition) is 4. The van der Waals surface area contributed by atoms with E-state index in [4.69, 9.17) is 27.9 Å². The molecule has 0 aliphatic rings. The van der Waals surface area contributed by atoms with Crippen molar-refractivity contribution in [1.29, 1.82) is 0 Å². The zero-order chi connectivity index (χ0) is 23.5. The predicted octanol–water partition coefficient (Wildman–Crippen LogP) is 7.05. The van der Waals surface area contributed by atoms with E-state index in [0.717, 1.165) is 15.6 Å². The van der Waals surface area contributed by atoms with Crippen LogP contribution in [0.5, 0.6) is 5.75 Å². The van der Waals surface area contributed by atoms with Crippen LogP contribution in [0.2, 0.25) is 10.0 Å². The average Bonchev–Trinajstić information content (AvgIpc) is 2.78. The minimum absolute atomic E-state index is 0.0155. The summed E-state index contributed by atoms with van der Waals surface area (Å²) in [5.41, 5.74) is 2.05. The minimum atomic E-state index is -0.217. The standard InChI is InChI=1S/C25H20BrCl2N3O2/c1-15(2)24-30-23-9-7-18(26)11-21(23)25(32)31(24)29-13-16-4-3-5-20(10-16)33-14-17-6-8-19(27)12-22(17)28/h3-13,15H,14H2,1-2H3. The molecule has 0 radical (unpaired) electrons. The lowest BCUT2D eigenvalue weighted by Crippen LogP contribution is -2.23. The van der Waals surface area contributed by atoms with Gasteiger partial charge in [0.1, 0.15) is 18.2 Å². The summed E-state index contributed by atoms with van der Waals surface area (Å²) in [6, 6.07) is 18.2. The Bertz CT molecular complexity index is 1420. The van der Waals surface area contributed by atoms with Crippen molar-refractivity contribution in [1.82, 2.24) is 9.66 Å². The van der Waals surface area contributed by atoms with E-state index < -0.39 is 0 Å². The van der Waals surface area contributed by atoms with Crippen LogP contribution in [0.3, 0.4) is 0 Å². The first-order valence-corrected chi connectivity index (χ1v) is 11.8. The van der Waals surface area contributed by atoms with Gasteiger partial charge in [0.2, 0.25) is 0 Å². The molecule has 3 aromatic carbocycles. The van der Waals surface area contributed by atoms with Crippen LogP contribution in [0, 0.1) is 0 Å². The van der Waals surface area contributed by atoms with Crippen LogP contribution in [0.1, 0.15) is 36.7 Å². The van der Waals surface area contributed by atoms with Gasteiger partial charge >= 0.3 is 0 Å². The maximum absolute atomic E-state index is 13.2. The lowest BCUT2D eigenvalue weighted by molar-refractivity contribution is 0.306. The van der Waals surface area contributed by atoms with Crippen molar-refractivity contribution < 1.29 is 4.74 Å². The van der Waals surface area contributed by atoms with E-state index in [2.05, 4.69) is 26.0 Å². The fourth-order valence-electron chi connectivity index (χ4n) is 3.26. The Morgan fingerprint density at radius 2 is 1.94 bits per heavy atom. The molecular weight excluding hydrogens is 525 g/mol. The quantitative estimate of drug-likeness (QED) is 0.244. The molecule has 0 aliphatic heterocycles. The van der Waals surface area contributed by atoms with Gasteiger partial charge in [-0.05, 0) is 48.0 Å². The van der Waals surface area contributed by atoms with Gasteiger partial charge in [-0.25, -0.2) is 4.98 Å². The summed E-state index contributed by atoms with van der Waals surface area (Å²) in [7, 11) is 0. The number of halogens is 3. The molecule has 8 heteroatoms. The highest BCUT2D eigenvalue weighted by atomic mass is 79.9. The van der Waals surface area contributed by atoms with Crippen LogP contribution < -0.4 is 10.3 Å². The molecule has 0 saturated carbocycles. The molecule has 0 N–H and O–H groups in total. The number of fused-ring (bicyclic) bond motifs is 1. The normalized spacial score (nSPS) is 11.6. The molecule has 4 aromatic rings. The number of rotatable bonds is 6. The van der Waals surface area contributed by atoms with Gasteiger partial charge in [-0.15, -0.1) is 0 Å². The van der Waals surface area contributed by atoms with Crippen LogP contribution in [0.15, 0.2) is 75.0 Å². The molecule has 0 bridgehead atoms. The van der Waals surface area contributed by atoms with Crippen molar-refractivity contribution in [3.05, 3.63) is 102 Å². The number of ether oxygens (including phenoxy) is 1. The molecule has 0 aliphatic carbocycles. The Morgan fingerprint density at radius 3 is 2.70 bits per heavy atom. The molecule has 33 heavy (non-hydrogen) atoms. The summed E-state index contributed by atoms with van der Waals surface area (Å²) >= 11 is 15.6. The van der Waals surface area contributed by atoms with E-state index in [-0.39, 0.29) is 11.5 Å². The molecule has 0 fully saturated rings. The van der Waals surface area contributed by atoms with E-state index in [1.165, 1.54) is 4.68 Å². The maximum atomic E-state index is 13.2. The van der Waals surface area contributed by atoms with Crippen LogP contribution >= 0.6 is 39.1 Å². The van der Waals surface area contributed by atoms with Crippen LogP contribution in [-0.2, 0) is 6.61 Å². The van der Waals surface area contributed by atoms with Gasteiger partial charge in [0, 0.05) is 26.0 Å². The summed E-state index contributed by atoms with van der Waals surface area (Å²) in [5.74, 6) is 1.26. The molecule has 1 aromatic heterocycles. The van der Waals surface area contributed by atoms with Crippen molar-refractivity contribution in [3.8, 4) is 5.75 Å². The van der Waals surface area contributed by atoms with Gasteiger partial charge in [-0.2, -0.15) is 9.78 Å². The Morgan fingerprint density at radius 1 is 1.12 bits per heavy atom. The number of hydrogen-bond donors (Lipinski definition) is 0. The Labute approximate surface area is 209 Å². The number of benzene rings is 3. The molecule has 0 amide bonds. The minimum Gasteiger partial charge on any atom is -0.489 e. The average molecular weight is 545 g/mol. The van der Waals surface area contributed by atoms with Gasteiger partial charge in [0.15, 0.2) is 0 Å². The third kappa shape index (κ3) is 5.46. The van der Waals surface area contributed by atoms with Gasteiger partial charge in [-0.1, -0.05) is 71.2 Å². The molecule has 168 valence electrons. The van der Waals surface area contributed by atoms with Gasteiger partial charge in [-0.3, -0.25) is 4.79 Å². The summed E-state index contributed by atoms with van der Waals surface area (Å²) in [5, 5.41) is 6.10. The molecule has 1 heterocycles. The van der Waals surface area contributed by atoms with E-state index in [1.54, 1.807) is 24.4 Å². The second-order valence-corrected chi connectivity index (χ2v) is 9.50. The Hall–Kier alpha value is -2.67. The Balaban J connectivity index is 1.62. The Kier molecular flexibility index (Phi) is 7.17. The third-order valence-corrected chi connectivity index (χ3v) is 6.02. The van der Waals surface area contributed by atoms with Crippen LogP contribution in [0.4, 0.5) is 0 Å².